The topological polar surface area (TPSA) is 12.9 Å². The second-order valence-electron chi connectivity index (χ2n) is 2.76. The molecule has 0 aromatic carbocycles. The van der Waals surface area contributed by atoms with Crippen LogP contribution in [0.2, 0.25) is 0 Å². The van der Waals surface area contributed by atoms with E-state index < -0.39 is 0 Å². The normalized spacial score (nSPS) is 15.0. The summed E-state index contributed by atoms with van der Waals surface area (Å²) in [5.41, 5.74) is 2.68. The Morgan fingerprint density at radius 2 is 2.55 bits per heavy atom. The van der Waals surface area contributed by atoms with E-state index >= 15 is 0 Å². The van der Waals surface area contributed by atoms with Crippen molar-refractivity contribution in [3.63, 3.8) is 0 Å². The van der Waals surface area contributed by atoms with E-state index in [1.807, 2.05) is 0 Å². The maximum absolute atomic E-state index is 4.41. The maximum Gasteiger partial charge on any atom is 0.0614 e. The molecule has 0 saturated heterocycles. The third-order valence-electron chi connectivity index (χ3n) is 2.03. The first-order valence-electron chi connectivity index (χ1n) is 4.05. The minimum atomic E-state index is 1.07. The number of nitrogens with zero attached hydrogens (tertiary/aromatic N) is 1. The summed E-state index contributed by atoms with van der Waals surface area (Å²) >= 11 is 1.68. The third kappa shape index (κ3) is 1.11. The van der Waals surface area contributed by atoms with E-state index in [1.165, 1.54) is 29.0 Å². The van der Waals surface area contributed by atoms with E-state index in [2.05, 4.69) is 23.4 Å². The van der Waals surface area contributed by atoms with Crippen LogP contribution in [-0.4, -0.2) is 4.37 Å². The van der Waals surface area contributed by atoms with Crippen LogP contribution < -0.4 is 0 Å². The number of hydrogen-bond acceptors (Lipinski definition) is 2. The van der Waals surface area contributed by atoms with Crippen molar-refractivity contribution in [3.8, 4) is 0 Å². The Bertz CT molecular complexity index is 286. The van der Waals surface area contributed by atoms with Crippen LogP contribution >= 0.6 is 11.5 Å². The minimum absolute atomic E-state index is 1.07. The highest BCUT2D eigenvalue weighted by molar-refractivity contribution is 7.06. The first-order chi connectivity index (χ1) is 5.42. The van der Waals surface area contributed by atoms with E-state index in [9.17, 15) is 0 Å². The molecule has 0 amide bonds. The summed E-state index contributed by atoms with van der Waals surface area (Å²) in [5, 5.41) is 0. The number of aromatic nitrogens is 1. The largest absolute Gasteiger partial charge is 0.197 e. The summed E-state index contributed by atoms with van der Waals surface area (Å²) in [6.45, 7) is 2.16. The van der Waals surface area contributed by atoms with Gasteiger partial charge >= 0.3 is 0 Å². The van der Waals surface area contributed by atoms with Gasteiger partial charge in [0.05, 0.1) is 5.69 Å². The zero-order valence-corrected chi connectivity index (χ0v) is 7.45. The number of hydrogen-bond donors (Lipinski definition) is 0. The monoisotopic (exact) mass is 165 g/mol. The fourth-order valence-corrected chi connectivity index (χ4v) is 2.35. The van der Waals surface area contributed by atoms with Gasteiger partial charge in [0.15, 0.2) is 0 Å². The Morgan fingerprint density at radius 1 is 1.64 bits per heavy atom. The SMILES string of the molecule is CCc1nsc2c1C=CCC2. The van der Waals surface area contributed by atoms with Gasteiger partial charge in [-0.2, -0.15) is 4.37 Å². The Kier molecular flexibility index (Phi) is 1.78. The average molecular weight is 165 g/mol. The lowest BCUT2D eigenvalue weighted by atomic mass is 10.0. The van der Waals surface area contributed by atoms with Crippen LogP contribution in [-0.2, 0) is 12.8 Å². The van der Waals surface area contributed by atoms with E-state index in [4.69, 9.17) is 0 Å². The highest BCUT2D eigenvalue weighted by atomic mass is 32.1. The molecule has 1 nitrogen and oxygen atoms in total. The van der Waals surface area contributed by atoms with Crippen molar-refractivity contribution in [3.05, 3.63) is 22.2 Å². The fourth-order valence-electron chi connectivity index (χ4n) is 1.41. The molecule has 58 valence electrons. The second kappa shape index (κ2) is 2.78. The molecule has 0 radical (unpaired) electrons. The van der Waals surface area contributed by atoms with Crippen molar-refractivity contribution in [1.29, 1.82) is 0 Å². The average Bonchev–Trinajstić information content (AvgIpc) is 2.47. The van der Waals surface area contributed by atoms with Crippen LogP contribution in [0.15, 0.2) is 6.08 Å². The third-order valence-corrected chi connectivity index (χ3v) is 2.99. The summed E-state index contributed by atoms with van der Waals surface area (Å²) in [4.78, 5) is 1.48. The summed E-state index contributed by atoms with van der Waals surface area (Å²) in [5.74, 6) is 0. The molecule has 0 fully saturated rings. The van der Waals surface area contributed by atoms with Crippen molar-refractivity contribution in [2.75, 3.05) is 0 Å². The Balaban J connectivity index is 2.48. The van der Waals surface area contributed by atoms with Crippen LogP contribution in [0.5, 0.6) is 0 Å². The molecule has 0 saturated carbocycles. The fraction of sp³-hybridized carbons (Fsp3) is 0.444. The predicted molar refractivity (Wildman–Crippen MR) is 48.8 cm³/mol. The minimum Gasteiger partial charge on any atom is -0.197 e. The van der Waals surface area contributed by atoms with Crippen molar-refractivity contribution in [1.82, 2.24) is 4.37 Å². The van der Waals surface area contributed by atoms with Crippen LogP contribution in [0.4, 0.5) is 0 Å². The van der Waals surface area contributed by atoms with Crippen molar-refractivity contribution >= 4 is 17.6 Å². The molecule has 11 heavy (non-hydrogen) atoms. The van der Waals surface area contributed by atoms with Gasteiger partial charge in [-0.3, -0.25) is 0 Å². The number of rotatable bonds is 1. The second-order valence-corrected chi connectivity index (χ2v) is 3.62. The van der Waals surface area contributed by atoms with Gasteiger partial charge in [0.25, 0.3) is 0 Å². The summed E-state index contributed by atoms with van der Waals surface area (Å²) in [6.07, 6.45) is 7.93. The Hall–Kier alpha value is -0.630. The van der Waals surface area contributed by atoms with Gasteiger partial charge in [0.1, 0.15) is 0 Å². The van der Waals surface area contributed by atoms with Gasteiger partial charge in [0.2, 0.25) is 0 Å². The lowest BCUT2D eigenvalue weighted by molar-refractivity contribution is 0.998. The molecule has 0 spiro atoms. The van der Waals surface area contributed by atoms with E-state index in [0.29, 0.717) is 0 Å². The van der Waals surface area contributed by atoms with Gasteiger partial charge in [-0.05, 0) is 30.8 Å². The Morgan fingerprint density at radius 3 is 3.36 bits per heavy atom. The van der Waals surface area contributed by atoms with Crippen LogP contribution in [0.25, 0.3) is 6.08 Å². The highest BCUT2D eigenvalue weighted by Gasteiger charge is 2.11. The molecule has 1 heterocycles. The lowest BCUT2D eigenvalue weighted by Crippen LogP contribution is -1.90. The standard InChI is InChI=1S/C9H11NS/c1-2-8-7-5-3-4-6-9(7)11-10-8/h3,5H,2,4,6H2,1H3. The molecule has 0 atom stereocenters. The maximum atomic E-state index is 4.41. The van der Waals surface area contributed by atoms with Crippen molar-refractivity contribution < 1.29 is 0 Å². The van der Waals surface area contributed by atoms with Gasteiger partial charge in [-0.15, -0.1) is 0 Å². The van der Waals surface area contributed by atoms with Gasteiger partial charge in [-0.1, -0.05) is 19.1 Å². The number of allylic oxidation sites excluding steroid dienone is 1. The van der Waals surface area contributed by atoms with Gasteiger partial charge in [-0.25, -0.2) is 0 Å². The first-order valence-corrected chi connectivity index (χ1v) is 4.83. The summed E-state index contributed by atoms with van der Waals surface area (Å²) in [7, 11) is 0. The molecular formula is C9H11NS. The van der Waals surface area contributed by atoms with E-state index in [-0.39, 0.29) is 0 Å². The van der Waals surface area contributed by atoms with Gasteiger partial charge < -0.3 is 0 Å². The quantitative estimate of drug-likeness (QED) is 0.623. The molecule has 2 rings (SSSR count). The molecule has 0 aliphatic heterocycles. The molecule has 0 N–H and O–H groups in total. The highest BCUT2D eigenvalue weighted by Crippen LogP contribution is 2.26. The van der Waals surface area contributed by atoms with Crippen molar-refractivity contribution in [2.24, 2.45) is 0 Å². The predicted octanol–water partition coefficient (Wildman–Crippen LogP) is 2.66. The summed E-state index contributed by atoms with van der Waals surface area (Å²) < 4.78 is 4.41. The Labute approximate surface area is 70.9 Å². The van der Waals surface area contributed by atoms with E-state index in [0.717, 1.165) is 6.42 Å². The van der Waals surface area contributed by atoms with Crippen LogP contribution in [0, 0.1) is 0 Å². The van der Waals surface area contributed by atoms with Crippen LogP contribution in [0.3, 0.4) is 0 Å². The molecule has 1 aromatic heterocycles. The first kappa shape index (κ1) is 7.04. The van der Waals surface area contributed by atoms with Crippen LogP contribution in [0.1, 0.15) is 29.5 Å². The molecule has 0 bridgehead atoms. The van der Waals surface area contributed by atoms with E-state index in [1.54, 1.807) is 11.5 Å². The van der Waals surface area contributed by atoms with Crippen molar-refractivity contribution in [2.45, 2.75) is 26.2 Å². The zero-order valence-electron chi connectivity index (χ0n) is 6.63. The number of aryl methyl sites for hydroxylation is 2. The molecule has 0 unspecified atom stereocenters. The lowest BCUT2D eigenvalue weighted by Gasteiger charge is -2.02. The molecule has 2 heteroatoms. The molecular weight excluding hydrogens is 154 g/mol. The zero-order chi connectivity index (χ0) is 7.68. The molecule has 1 aromatic rings. The van der Waals surface area contributed by atoms with Gasteiger partial charge in [0, 0.05) is 10.4 Å². The smallest absolute Gasteiger partial charge is 0.0614 e. The molecule has 1 aliphatic carbocycles. The molecule has 1 aliphatic rings. The number of fused-ring (bicyclic) bond motifs is 1. The summed E-state index contributed by atoms with van der Waals surface area (Å²) in [6, 6.07) is 0.